The van der Waals surface area contributed by atoms with Gasteiger partial charge in [-0.1, -0.05) is 6.07 Å². The summed E-state index contributed by atoms with van der Waals surface area (Å²) in [5, 5.41) is 2.73. The van der Waals surface area contributed by atoms with Crippen molar-refractivity contribution in [2.75, 3.05) is 19.0 Å². The normalized spacial score (nSPS) is 15.1. The van der Waals surface area contributed by atoms with Gasteiger partial charge in [0.2, 0.25) is 5.91 Å². The number of methoxy groups -OCH3 is 1. The number of anilines is 1. The number of ether oxygens (including phenoxy) is 2. The Morgan fingerprint density at radius 1 is 1.19 bits per heavy atom. The lowest BCUT2D eigenvalue weighted by Gasteiger charge is -2.08. The predicted molar refractivity (Wildman–Crippen MR) is 95.4 cm³/mol. The lowest BCUT2D eigenvalue weighted by Crippen LogP contribution is -2.16. The maximum absolute atomic E-state index is 13.6. The summed E-state index contributed by atoms with van der Waals surface area (Å²) >= 11 is 0. The highest BCUT2D eigenvalue weighted by molar-refractivity contribution is 6.05. The molecule has 1 heterocycles. The van der Waals surface area contributed by atoms with Gasteiger partial charge in [-0.05, 0) is 48.4 Å². The van der Waals surface area contributed by atoms with Crippen molar-refractivity contribution in [1.29, 1.82) is 0 Å². The Labute approximate surface area is 155 Å². The van der Waals surface area contributed by atoms with E-state index in [9.17, 15) is 18.8 Å². The third-order valence-corrected chi connectivity index (χ3v) is 4.42. The van der Waals surface area contributed by atoms with Crippen molar-refractivity contribution in [2.45, 2.75) is 19.3 Å². The van der Waals surface area contributed by atoms with Gasteiger partial charge in [0.15, 0.2) is 24.0 Å². The summed E-state index contributed by atoms with van der Waals surface area (Å²) in [6.45, 7) is 1.33. The van der Waals surface area contributed by atoms with Crippen LogP contribution in [0.3, 0.4) is 0 Å². The fourth-order valence-electron chi connectivity index (χ4n) is 2.86. The molecule has 1 atom stereocenters. The van der Waals surface area contributed by atoms with Gasteiger partial charge in [0.1, 0.15) is 0 Å². The summed E-state index contributed by atoms with van der Waals surface area (Å²) in [5.41, 5.74) is 2.20. The van der Waals surface area contributed by atoms with E-state index in [1.165, 1.54) is 19.2 Å². The molecule has 0 unspecified atom stereocenters. The number of hydrogen-bond donors (Lipinski definition) is 1. The lowest BCUT2D eigenvalue weighted by atomic mass is 9.99. The second-order valence-corrected chi connectivity index (χ2v) is 6.24. The Balaban J connectivity index is 1.59. The zero-order valence-corrected chi connectivity index (χ0v) is 14.9. The predicted octanol–water partition coefficient (Wildman–Crippen LogP) is 2.86. The molecular weight excluding hydrogens is 353 g/mol. The van der Waals surface area contributed by atoms with Gasteiger partial charge in [-0.25, -0.2) is 4.39 Å². The van der Waals surface area contributed by atoms with Crippen LogP contribution in [-0.2, 0) is 20.7 Å². The number of esters is 1. The van der Waals surface area contributed by atoms with Gasteiger partial charge in [-0.2, -0.15) is 0 Å². The van der Waals surface area contributed by atoms with Gasteiger partial charge in [0, 0.05) is 11.3 Å². The zero-order chi connectivity index (χ0) is 19.6. The van der Waals surface area contributed by atoms with E-state index in [2.05, 4.69) is 5.32 Å². The number of halogens is 1. The number of carbonyl (C=O) groups is 3. The van der Waals surface area contributed by atoms with Gasteiger partial charge >= 0.3 is 5.97 Å². The summed E-state index contributed by atoms with van der Waals surface area (Å²) in [6, 6.07) is 9.03. The van der Waals surface area contributed by atoms with E-state index in [4.69, 9.17) is 9.47 Å². The molecule has 1 N–H and O–H groups in total. The van der Waals surface area contributed by atoms with Gasteiger partial charge in [0.05, 0.1) is 19.4 Å². The summed E-state index contributed by atoms with van der Waals surface area (Å²) in [7, 11) is 1.35. The van der Waals surface area contributed by atoms with Crippen molar-refractivity contribution in [3.8, 4) is 5.75 Å². The minimum Gasteiger partial charge on any atom is -0.494 e. The van der Waals surface area contributed by atoms with Gasteiger partial charge in [-0.3, -0.25) is 14.4 Å². The van der Waals surface area contributed by atoms with Crippen molar-refractivity contribution in [3.63, 3.8) is 0 Å². The van der Waals surface area contributed by atoms with Crippen LogP contribution in [-0.4, -0.2) is 31.4 Å². The van der Waals surface area contributed by atoms with E-state index < -0.39 is 18.4 Å². The molecule has 1 amide bonds. The molecule has 2 aromatic rings. The molecule has 0 aliphatic carbocycles. The van der Waals surface area contributed by atoms with E-state index in [1.807, 2.05) is 0 Å². The number of fused-ring (bicyclic) bond motifs is 1. The van der Waals surface area contributed by atoms with Gasteiger partial charge in [0.25, 0.3) is 0 Å². The molecule has 0 saturated carbocycles. The fourth-order valence-corrected chi connectivity index (χ4v) is 2.86. The Kier molecular flexibility index (Phi) is 5.21. The Hall–Kier alpha value is -3.22. The van der Waals surface area contributed by atoms with Crippen LogP contribution in [0.5, 0.6) is 5.75 Å². The molecule has 2 aromatic carbocycles. The summed E-state index contributed by atoms with van der Waals surface area (Å²) < 4.78 is 23.5. The molecule has 0 saturated heterocycles. The summed E-state index contributed by atoms with van der Waals surface area (Å²) in [5.74, 6) is -1.96. The molecule has 0 bridgehead atoms. The van der Waals surface area contributed by atoms with E-state index >= 15 is 0 Å². The van der Waals surface area contributed by atoms with Crippen LogP contribution in [0.1, 0.15) is 34.3 Å². The zero-order valence-electron chi connectivity index (χ0n) is 14.9. The number of Topliss-reactive ketones (excluding diaryl/α,β-unsaturated/α-hetero) is 1. The van der Waals surface area contributed by atoms with Crippen molar-refractivity contribution >= 4 is 23.3 Å². The van der Waals surface area contributed by atoms with Gasteiger partial charge < -0.3 is 14.8 Å². The number of amides is 1. The number of benzene rings is 2. The fraction of sp³-hybridized carbons (Fsp3) is 0.250. The molecule has 0 aromatic heterocycles. The van der Waals surface area contributed by atoms with Crippen molar-refractivity contribution < 1.29 is 28.2 Å². The lowest BCUT2D eigenvalue weighted by molar-refractivity contribution is -0.141. The average Bonchev–Trinajstić information content (AvgIpc) is 2.93. The van der Waals surface area contributed by atoms with Crippen molar-refractivity contribution in [1.82, 2.24) is 0 Å². The van der Waals surface area contributed by atoms with Crippen LogP contribution >= 0.6 is 0 Å². The topological polar surface area (TPSA) is 81.7 Å². The van der Waals surface area contributed by atoms with Crippen molar-refractivity contribution in [3.05, 3.63) is 58.9 Å². The average molecular weight is 371 g/mol. The van der Waals surface area contributed by atoms with E-state index in [-0.39, 0.29) is 29.8 Å². The molecular formula is C20H18FNO5. The minimum absolute atomic E-state index is 0.0844. The first-order chi connectivity index (χ1) is 12.9. The Morgan fingerprint density at radius 3 is 2.67 bits per heavy atom. The molecule has 7 heteroatoms. The Morgan fingerprint density at radius 2 is 1.96 bits per heavy atom. The maximum atomic E-state index is 13.6. The molecule has 6 nitrogen and oxygen atoms in total. The monoisotopic (exact) mass is 371 g/mol. The number of ketones is 1. The first kappa shape index (κ1) is 18.6. The number of carbonyl (C=O) groups excluding carboxylic acids is 3. The largest absolute Gasteiger partial charge is 0.494 e. The van der Waals surface area contributed by atoms with E-state index in [0.29, 0.717) is 16.8 Å². The quantitative estimate of drug-likeness (QED) is 0.624. The first-order valence-corrected chi connectivity index (χ1v) is 8.35. The highest BCUT2D eigenvalue weighted by Crippen LogP contribution is 2.32. The summed E-state index contributed by atoms with van der Waals surface area (Å²) in [4.78, 5) is 35.8. The van der Waals surface area contributed by atoms with Crippen LogP contribution < -0.4 is 10.1 Å². The maximum Gasteiger partial charge on any atom is 0.310 e. The molecule has 27 heavy (non-hydrogen) atoms. The van der Waals surface area contributed by atoms with Crippen LogP contribution in [0.2, 0.25) is 0 Å². The first-order valence-electron chi connectivity index (χ1n) is 8.35. The molecule has 0 spiro atoms. The van der Waals surface area contributed by atoms with Crippen LogP contribution in [0.15, 0.2) is 36.4 Å². The number of rotatable bonds is 6. The molecule has 1 aliphatic heterocycles. The third kappa shape index (κ3) is 3.97. The molecule has 0 radical (unpaired) electrons. The smallest absolute Gasteiger partial charge is 0.310 e. The molecule has 3 rings (SSSR count). The molecule has 1 aliphatic rings. The molecule has 140 valence electrons. The van der Waals surface area contributed by atoms with Crippen LogP contribution in [0.25, 0.3) is 0 Å². The van der Waals surface area contributed by atoms with Crippen molar-refractivity contribution in [2.24, 2.45) is 0 Å². The number of hydrogen-bond acceptors (Lipinski definition) is 5. The minimum atomic E-state index is -0.640. The van der Waals surface area contributed by atoms with E-state index in [1.54, 1.807) is 31.2 Å². The van der Waals surface area contributed by atoms with Gasteiger partial charge in [-0.15, -0.1) is 0 Å². The second kappa shape index (κ2) is 7.57. The highest BCUT2D eigenvalue weighted by Gasteiger charge is 2.27. The molecule has 0 fully saturated rings. The number of nitrogens with one attached hydrogen (secondary N) is 1. The Bertz CT molecular complexity index is 925. The van der Waals surface area contributed by atoms with Crippen LogP contribution in [0, 0.1) is 5.82 Å². The summed E-state index contributed by atoms with van der Waals surface area (Å²) in [6.07, 6.45) is -0.159. The van der Waals surface area contributed by atoms with E-state index in [0.717, 1.165) is 5.56 Å². The van der Waals surface area contributed by atoms with Crippen LogP contribution in [0.4, 0.5) is 10.1 Å². The standard InChI is InChI=1S/C20H18FNO5/c1-11-14-9-13(4-5-16(14)22-20(11)25)17(23)10-27-19(24)8-12-3-6-18(26-2)15(21)7-12/h3-7,9,11H,8,10H2,1-2H3,(H,22,25)/t11-/m1/s1. The third-order valence-electron chi connectivity index (χ3n) is 4.42. The highest BCUT2D eigenvalue weighted by atomic mass is 19.1. The second-order valence-electron chi connectivity index (χ2n) is 6.24. The SMILES string of the molecule is COc1ccc(CC(=O)OCC(=O)c2ccc3c(c2)[C@@H](C)C(=O)N3)cc1F.